The fraction of sp³-hybridized carbons (Fsp3) is 0.429. The van der Waals surface area contributed by atoms with Crippen LogP contribution in [-0.4, -0.2) is 95.5 Å². The average Bonchev–Trinajstić information content (AvgIpc) is 3.67. The smallest absolute Gasteiger partial charge is 0.319 e. The first-order valence-corrected chi connectivity index (χ1v) is 18.0. The first-order chi connectivity index (χ1) is 23.0. The van der Waals surface area contributed by atoms with E-state index in [0.29, 0.717) is 55.5 Å². The number of hydrogen-bond donors (Lipinski definition) is 1. The minimum Gasteiger partial charge on any atom is -0.508 e. The van der Waals surface area contributed by atoms with Crippen LogP contribution in [0.1, 0.15) is 37.7 Å². The van der Waals surface area contributed by atoms with Crippen LogP contribution < -0.4 is 9.64 Å². The molecule has 8 rings (SSSR count). The third-order valence-electron chi connectivity index (χ3n) is 10.6. The van der Waals surface area contributed by atoms with Gasteiger partial charge in [-0.3, -0.25) is 4.90 Å². The molecule has 0 aliphatic carbocycles. The molecule has 0 radical (unpaired) electrons. The SMILES string of the molecule is C#Cc1c(F)ccc2cc(O)cc(-c3ccc4c(N5CC6CCC(C5)N6S(C)(=O)=O)nc(OCC56CCCN5CC(F)C6)nc4c3F)c12. The zero-order valence-electron chi connectivity index (χ0n) is 26.3. The molecule has 1 aromatic heterocycles. The van der Waals surface area contributed by atoms with Crippen molar-refractivity contribution in [2.24, 2.45) is 0 Å². The van der Waals surface area contributed by atoms with Gasteiger partial charge in [0.2, 0.25) is 10.0 Å². The minimum atomic E-state index is -3.43. The number of fused-ring (bicyclic) bond motifs is 5. The van der Waals surface area contributed by atoms with Gasteiger partial charge in [-0.25, -0.2) is 21.6 Å². The highest BCUT2D eigenvalue weighted by atomic mass is 32.2. The number of hydrogen-bond acceptors (Lipinski definition) is 8. The Kier molecular flexibility index (Phi) is 7.28. The highest BCUT2D eigenvalue weighted by molar-refractivity contribution is 7.88. The number of anilines is 1. The molecule has 48 heavy (non-hydrogen) atoms. The van der Waals surface area contributed by atoms with E-state index in [1.807, 2.05) is 4.90 Å². The van der Waals surface area contributed by atoms with Gasteiger partial charge in [0.15, 0.2) is 5.82 Å². The van der Waals surface area contributed by atoms with Crippen LogP contribution in [0.3, 0.4) is 0 Å². The molecule has 4 unspecified atom stereocenters. The molecular weight excluding hydrogens is 643 g/mol. The summed E-state index contributed by atoms with van der Waals surface area (Å²) >= 11 is 0. The van der Waals surface area contributed by atoms with Crippen molar-refractivity contribution >= 4 is 37.5 Å². The van der Waals surface area contributed by atoms with E-state index in [1.54, 1.807) is 10.4 Å². The lowest BCUT2D eigenvalue weighted by Crippen LogP contribution is -2.55. The number of nitrogens with zero attached hydrogens (tertiary/aromatic N) is 5. The molecule has 0 amide bonds. The summed E-state index contributed by atoms with van der Waals surface area (Å²) in [5.74, 6) is 1.22. The molecule has 0 spiro atoms. The first-order valence-electron chi connectivity index (χ1n) is 16.1. The molecule has 1 N–H and O–H groups in total. The molecule has 9 nitrogen and oxygen atoms in total. The van der Waals surface area contributed by atoms with Crippen molar-refractivity contribution in [1.29, 1.82) is 0 Å². The van der Waals surface area contributed by atoms with E-state index in [1.165, 1.54) is 36.6 Å². The monoisotopic (exact) mass is 677 g/mol. The summed E-state index contributed by atoms with van der Waals surface area (Å²) in [6.07, 6.45) is 9.36. The van der Waals surface area contributed by atoms with Crippen molar-refractivity contribution in [3.8, 4) is 35.2 Å². The number of alkyl halides is 1. The Balaban J connectivity index is 1.27. The largest absolute Gasteiger partial charge is 0.508 e. The van der Waals surface area contributed by atoms with Crippen molar-refractivity contribution in [3.63, 3.8) is 0 Å². The molecule has 4 fully saturated rings. The predicted octanol–water partition coefficient (Wildman–Crippen LogP) is 4.98. The van der Waals surface area contributed by atoms with E-state index in [2.05, 4.69) is 15.8 Å². The second kappa shape index (κ2) is 11.2. The minimum absolute atomic E-state index is 0.0414. The fourth-order valence-electron chi connectivity index (χ4n) is 8.64. The topological polar surface area (TPSA) is 99.1 Å². The van der Waals surface area contributed by atoms with Gasteiger partial charge in [0.25, 0.3) is 0 Å². The van der Waals surface area contributed by atoms with Crippen LogP contribution in [0.4, 0.5) is 19.0 Å². The van der Waals surface area contributed by atoms with Gasteiger partial charge in [0, 0.05) is 54.5 Å². The molecule has 2 bridgehead atoms. The van der Waals surface area contributed by atoms with Gasteiger partial charge in [-0.15, -0.1) is 6.42 Å². The summed E-state index contributed by atoms with van der Waals surface area (Å²) in [7, 11) is -3.43. The van der Waals surface area contributed by atoms with Gasteiger partial charge in [-0.2, -0.15) is 14.3 Å². The van der Waals surface area contributed by atoms with Crippen LogP contribution in [0, 0.1) is 24.0 Å². The van der Waals surface area contributed by atoms with Gasteiger partial charge in [-0.1, -0.05) is 18.1 Å². The van der Waals surface area contributed by atoms with Crippen LogP contribution in [-0.2, 0) is 10.0 Å². The molecule has 4 atom stereocenters. The standard InChI is InChI=1S/C35H34F3N5O4S/c1-3-25-29(37)10-5-20-13-24(44)14-28(30(20)25)26-8-9-27-32(31(26)38)39-34(47-19-35-11-4-12-42(35)16-21(36)15-35)40-33(27)41-17-22-6-7-23(18-41)43(22)48(2,45)46/h1,5,8-10,13-14,21-23,44H,4,6-7,11-12,15-19H2,2H3. The second-order valence-electron chi connectivity index (χ2n) is 13.6. The lowest BCUT2D eigenvalue weighted by Gasteiger charge is -2.40. The molecule has 4 saturated heterocycles. The Morgan fingerprint density at radius 2 is 1.85 bits per heavy atom. The summed E-state index contributed by atoms with van der Waals surface area (Å²) in [5.41, 5.74) is -0.374. The number of aromatic nitrogens is 2. The maximum Gasteiger partial charge on any atom is 0.319 e. The van der Waals surface area contributed by atoms with Crippen molar-refractivity contribution in [3.05, 3.63) is 53.6 Å². The molecule has 4 aliphatic rings. The van der Waals surface area contributed by atoms with E-state index in [-0.39, 0.29) is 58.0 Å². The molecular formula is C35H34F3N5O4S. The summed E-state index contributed by atoms with van der Waals surface area (Å²) in [4.78, 5) is 13.4. The van der Waals surface area contributed by atoms with Gasteiger partial charge in [-0.05, 0) is 67.4 Å². The number of rotatable bonds is 6. The average molecular weight is 678 g/mol. The molecule has 4 aliphatic heterocycles. The summed E-state index contributed by atoms with van der Waals surface area (Å²) in [5, 5.41) is 11.7. The Morgan fingerprint density at radius 1 is 1.08 bits per heavy atom. The Hall–Kier alpha value is -4.12. The Labute approximate surface area is 276 Å². The van der Waals surface area contributed by atoms with Crippen molar-refractivity contribution in [2.75, 3.05) is 43.9 Å². The summed E-state index contributed by atoms with van der Waals surface area (Å²) in [6, 6.07) is 8.05. The molecule has 0 saturated carbocycles. The Bertz CT molecular complexity index is 2130. The summed E-state index contributed by atoms with van der Waals surface area (Å²) < 4.78 is 79.3. The number of halogens is 3. The highest BCUT2D eigenvalue weighted by Gasteiger charge is 2.50. The number of terminal acetylenes is 1. The molecule has 13 heteroatoms. The zero-order chi connectivity index (χ0) is 33.5. The number of aromatic hydroxyl groups is 1. The normalized spacial score (nSPS) is 26.0. The first kappa shape index (κ1) is 31.2. The van der Waals surface area contributed by atoms with Crippen molar-refractivity contribution < 1.29 is 31.4 Å². The van der Waals surface area contributed by atoms with E-state index in [0.717, 1.165) is 19.4 Å². The third kappa shape index (κ3) is 4.95. The molecule has 3 aromatic carbocycles. The summed E-state index contributed by atoms with van der Waals surface area (Å²) in [6.45, 7) is 1.95. The van der Waals surface area contributed by atoms with E-state index >= 15 is 4.39 Å². The number of phenols is 1. The van der Waals surface area contributed by atoms with Gasteiger partial charge < -0.3 is 14.7 Å². The van der Waals surface area contributed by atoms with Crippen LogP contribution in [0.15, 0.2) is 36.4 Å². The van der Waals surface area contributed by atoms with Gasteiger partial charge in [0.1, 0.15) is 35.7 Å². The number of piperazine rings is 1. The second-order valence-corrected chi connectivity index (χ2v) is 15.4. The lowest BCUT2D eigenvalue weighted by atomic mass is 9.93. The van der Waals surface area contributed by atoms with Crippen LogP contribution >= 0.6 is 0 Å². The molecule has 250 valence electrons. The maximum absolute atomic E-state index is 16.9. The predicted molar refractivity (Wildman–Crippen MR) is 176 cm³/mol. The van der Waals surface area contributed by atoms with Crippen molar-refractivity contribution in [2.45, 2.75) is 55.9 Å². The third-order valence-corrected chi connectivity index (χ3v) is 11.9. The van der Waals surface area contributed by atoms with E-state index in [4.69, 9.17) is 16.1 Å². The van der Waals surface area contributed by atoms with Crippen LogP contribution in [0.5, 0.6) is 11.8 Å². The molecule has 5 heterocycles. The van der Waals surface area contributed by atoms with Crippen LogP contribution in [0.25, 0.3) is 32.8 Å². The van der Waals surface area contributed by atoms with E-state index < -0.39 is 33.4 Å². The molecule has 4 aromatic rings. The number of ether oxygens (including phenoxy) is 1. The number of benzene rings is 3. The maximum atomic E-state index is 16.9. The van der Waals surface area contributed by atoms with Gasteiger partial charge in [0.05, 0.1) is 17.4 Å². The van der Waals surface area contributed by atoms with Gasteiger partial charge >= 0.3 is 6.01 Å². The highest BCUT2D eigenvalue weighted by Crippen LogP contribution is 2.43. The number of phenolic OH excluding ortho intramolecular Hbond substituents is 1. The Morgan fingerprint density at radius 3 is 2.58 bits per heavy atom. The number of sulfonamides is 1. The fourth-order valence-corrected chi connectivity index (χ4v) is 10.1. The van der Waals surface area contributed by atoms with E-state index in [9.17, 15) is 22.3 Å². The van der Waals surface area contributed by atoms with Crippen molar-refractivity contribution in [1.82, 2.24) is 19.2 Å². The lowest BCUT2D eigenvalue weighted by molar-refractivity contribution is 0.107. The zero-order valence-corrected chi connectivity index (χ0v) is 27.1. The van der Waals surface area contributed by atoms with Crippen LogP contribution in [0.2, 0.25) is 0 Å². The quantitative estimate of drug-likeness (QED) is 0.286.